The Morgan fingerprint density at radius 1 is 1.21 bits per heavy atom. The molecule has 1 aromatic heterocycles. The van der Waals surface area contributed by atoms with Crippen LogP contribution in [0.2, 0.25) is 0 Å². The van der Waals surface area contributed by atoms with Crippen LogP contribution in [0.1, 0.15) is 51.0 Å². The van der Waals surface area contributed by atoms with Gasteiger partial charge < -0.3 is 15.2 Å². The number of hydrogen-bond acceptors (Lipinski definition) is 4. The van der Waals surface area contributed by atoms with E-state index in [2.05, 4.69) is 81.4 Å². The van der Waals surface area contributed by atoms with Gasteiger partial charge in [0, 0.05) is 44.7 Å². The van der Waals surface area contributed by atoms with Gasteiger partial charge in [0.2, 0.25) is 0 Å². The Hall–Kier alpha value is -2.41. The first kappa shape index (κ1) is 21.3. The third-order valence-electron chi connectivity index (χ3n) is 5.67. The lowest BCUT2D eigenvalue weighted by molar-refractivity contribution is 0.158. The van der Waals surface area contributed by atoms with Gasteiger partial charge in [-0.15, -0.1) is 10.2 Å². The molecule has 0 spiro atoms. The van der Waals surface area contributed by atoms with E-state index in [4.69, 9.17) is 4.99 Å². The third-order valence-corrected chi connectivity index (χ3v) is 5.67. The molecule has 7 heteroatoms. The van der Waals surface area contributed by atoms with Crippen molar-refractivity contribution in [2.24, 2.45) is 4.99 Å². The normalized spacial score (nSPS) is 17.3. The molecule has 0 aliphatic carbocycles. The lowest BCUT2D eigenvalue weighted by Gasteiger charge is -2.37. The van der Waals surface area contributed by atoms with Crippen molar-refractivity contribution in [2.45, 2.75) is 58.7 Å². The largest absolute Gasteiger partial charge is 0.357 e. The Labute approximate surface area is 174 Å². The SMILES string of the molecule is CCNC(=NCCn1cnnc1CC)NC1CCN(C(C)c2ccccc2)CC1. The zero-order chi connectivity index (χ0) is 20.5. The van der Waals surface area contributed by atoms with Crippen LogP contribution in [0.15, 0.2) is 41.7 Å². The first-order valence-electron chi connectivity index (χ1n) is 10.9. The molecule has 1 atom stereocenters. The van der Waals surface area contributed by atoms with E-state index in [1.165, 1.54) is 5.56 Å². The van der Waals surface area contributed by atoms with Crippen molar-refractivity contribution in [3.05, 3.63) is 48.0 Å². The van der Waals surface area contributed by atoms with Crippen molar-refractivity contribution in [1.82, 2.24) is 30.3 Å². The highest BCUT2D eigenvalue weighted by molar-refractivity contribution is 5.80. The minimum absolute atomic E-state index is 0.466. The van der Waals surface area contributed by atoms with Crippen LogP contribution >= 0.6 is 0 Å². The van der Waals surface area contributed by atoms with Gasteiger partial charge in [0.1, 0.15) is 12.2 Å². The fraction of sp³-hybridized carbons (Fsp3) is 0.591. The molecule has 2 heterocycles. The van der Waals surface area contributed by atoms with Gasteiger partial charge in [-0.3, -0.25) is 9.89 Å². The lowest BCUT2D eigenvalue weighted by Crippen LogP contribution is -2.49. The topological polar surface area (TPSA) is 70.4 Å². The summed E-state index contributed by atoms with van der Waals surface area (Å²) < 4.78 is 2.08. The van der Waals surface area contributed by atoms with E-state index in [9.17, 15) is 0 Å². The van der Waals surface area contributed by atoms with Crippen LogP contribution in [0.25, 0.3) is 0 Å². The minimum atomic E-state index is 0.466. The standard InChI is InChI=1S/C22H35N7/c1-4-21-27-25-17-29(21)16-13-24-22(23-5-2)26-20-11-14-28(15-12-20)18(3)19-9-7-6-8-10-19/h6-10,17-18,20H,4-5,11-16H2,1-3H3,(H2,23,24,26). The summed E-state index contributed by atoms with van der Waals surface area (Å²) in [5.41, 5.74) is 1.40. The summed E-state index contributed by atoms with van der Waals surface area (Å²) in [6.45, 7) is 11.1. The number of aromatic nitrogens is 3. The maximum atomic E-state index is 4.76. The summed E-state index contributed by atoms with van der Waals surface area (Å²) in [6.07, 6.45) is 4.94. The Bertz CT molecular complexity index is 748. The number of rotatable bonds is 8. The summed E-state index contributed by atoms with van der Waals surface area (Å²) in [4.78, 5) is 7.34. The van der Waals surface area contributed by atoms with Gasteiger partial charge in [0.25, 0.3) is 0 Å². The fourth-order valence-electron chi connectivity index (χ4n) is 3.90. The molecule has 1 fully saturated rings. The zero-order valence-corrected chi connectivity index (χ0v) is 18.0. The number of guanidine groups is 1. The highest BCUT2D eigenvalue weighted by Gasteiger charge is 2.23. The summed E-state index contributed by atoms with van der Waals surface area (Å²) in [5.74, 6) is 1.92. The van der Waals surface area contributed by atoms with Gasteiger partial charge in [0.15, 0.2) is 5.96 Å². The molecule has 1 unspecified atom stereocenters. The lowest BCUT2D eigenvalue weighted by atomic mass is 10.0. The van der Waals surface area contributed by atoms with Gasteiger partial charge in [-0.25, -0.2) is 0 Å². The summed E-state index contributed by atoms with van der Waals surface area (Å²) in [5, 5.41) is 15.1. The van der Waals surface area contributed by atoms with Crippen molar-refractivity contribution < 1.29 is 0 Å². The third kappa shape index (κ3) is 6.03. The number of piperidine rings is 1. The molecule has 2 aromatic rings. The van der Waals surface area contributed by atoms with Crippen LogP contribution in [0.4, 0.5) is 0 Å². The molecule has 1 aliphatic rings. The predicted octanol–water partition coefficient (Wildman–Crippen LogP) is 2.62. The maximum Gasteiger partial charge on any atom is 0.191 e. The summed E-state index contributed by atoms with van der Waals surface area (Å²) in [6, 6.07) is 11.7. The monoisotopic (exact) mass is 397 g/mol. The van der Waals surface area contributed by atoms with E-state index >= 15 is 0 Å². The van der Waals surface area contributed by atoms with E-state index in [1.807, 2.05) is 0 Å². The number of aliphatic imine (C=N–C) groups is 1. The van der Waals surface area contributed by atoms with E-state index in [1.54, 1.807) is 6.33 Å². The molecule has 29 heavy (non-hydrogen) atoms. The van der Waals surface area contributed by atoms with Crippen LogP contribution in [0.5, 0.6) is 0 Å². The number of nitrogens with zero attached hydrogens (tertiary/aromatic N) is 5. The van der Waals surface area contributed by atoms with Gasteiger partial charge in [0.05, 0.1) is 6.54 Å². The maximum absolute atomic E-state index is 4.76. The van der Waals surface area contributed by atoms with Crippen LogP contribution < -0.4 is 10.6 Å². The fourth-order valence-corrected chi connectivity index (χ4v) is 3.90. The molecule has 0 amide bonds. The molecule has 3 rings (SSSR count). The van der Waals surface area contributed by atoms with E-state index in [-0.39, 0.29) is 0 Å². The molecule has 0 bridgehead atoms. The van der Waals surface area contributed by atoms with Crippen molar-refractivity contribution >= 4 is 5.96 Å². The van der Waals surface area contributed by atoms with Crippen molar-refractivity contribution in [3.63, 3.8) is 0 Å². The van der Waals surface area contributed by atoms with E-state index in [0.717, 1.165) is 57.2 Å². The van der Waals surface area contributed by atoms with Crippen LogP contribution in [-0.2, 0) is 13.0 Å². The molecule has 7 nitrogen and oxygen atoms in total. The quantitative estimate of drug-likeness (QED) is 0.529. The predicted molar refractivity (Wildman–Crippen MR) is 118 cm³/mol. The minimum Gasteiger partial charge on any atom is -0.357 e. The smallest absolute Gasteiger partial charge is 0.191 e. The molecule has 0 radical (unpaired) electrons. The van der Waals surface area contributed by atoms with Crippen molar-refractivity contribution in [3.8, 4) is 0 Å². The molecule has 1 saturated heterocycles. The van der Waals surface area contributed by atoms with Crippen LogP contribution in [0, 0.1) is 0 Å². The number of aryl methyl sites for hydroxylation is 1. The van der Waals surface area contributed by atoms with E-state index in [0.29, 0.717) is 18.6 Å². The van der Waals surface area contributed by atoms with Crippen LogP contribution in [0.3, 0.4) is 0 Å². The molecular formula is C22H35N7. The van der Waals surface area contributed by atoms with Gasteiger partial charge >= 0.3 is 0 Å². The second-order valence-electron chi connectivity index (χ2n) is 7.60. The number of likely N-dealkylation sites (tertiary alicyclic amines) is 1. The zero-order valence-electron chi connectivity index (χ0n) is 18.0. The molecular weight excluding hydrogens is 362 g/mol. The molecule has 1 aliphatic heterocycles. The molecule has 1 aromatic carbocycles. The van der Waals surface area contributed by atoms with Crippen LogP contribution in [-0.4, -0.2) is 57.8 Å². The number of benzene rings is 1. The summed E-state index contributed by atoms with van der Waals surface area (Å²) in [7, 11) is 0. The Kier molecular flexibility index (Phi) is 8.04. The van der Waals surface area contributed by atoms with Gasteiger partial charge in [-0.2, -0.15) is 0 Å². The molecule has 2 N–H and O–H groups in total. The highest BCUT2D eigenvalue weighted by Crippen LogP contribution is 2.23. The summed E-state index contributed by atoms with van der Waals surface area (Å²) >= 11 is 0. The average Bonchev–Trinajstić information content (AvgIpc) is 3.22. The second kappa shape index (κ2) is 11.0. The van der Waals surface area contributed by atoms with E-state index < -0.39 is 0 Å². The highest BCUT2D eigenvalue weighted by atomic mass is 15.3. The average molecular weight is 398 g/mol. The Morgan fingerprint density at radius 2 is 1.97 bits per heavy atom. The molecule has 0 saturated carbocycles. The molecule has 158 valence electrons. The second-order valence-corrected chi connectivity index (χ2v) is 7.60. The van der Waals surface area contributed by atoms with Crippen molar-refractivity contribution in [2.75, 3.05) is 26.2 Å². The Morgan fingerprint density at radius 3 is 2.66 bits per heavy atom. The van der Waals surface area contributed by atoms with Gasteiger partial charge in [-0.05, 0) is 32.3 Å². The van der Waals surface area contributed by atoms with Crippen molar-refractivity contribution in [1.29, 1.82) is 0 Å². The number of hydrogen-bond donors (Lipinski definition) is 2. The number of nitrogens with one attached hydrogen (secondary N) is 2. The first-order chi connectivity index (χ1) is 14.2. The Balaban J connectivity index is 1.48. The van der Waals surface area contributed by atoms with Gasteiger partial charge in [-0.1, -0.05) is 37.3 Å². The first-order valence-corrected chi connectivity index (χ1v) is 10.9.